The summed E-state index contributed by atoms with van der Waals surface area (Å²) in [5.74, 6) is 0.478. The van der Waals surface area contributed by atoms with E-state index in [2.05, 4.69) is 10.4 Å². The molecule has 0 unspecified atom stereocenters. The third kappa shape index (κ3) is 3.49. The lowest BCUT2D eigenvalue weighted by Crippen LogP contribution is -2.26. The first kappa shape index (κ1) is 20.8. The molecule has 0 amide bonds. The van der Waals surface area contributed by atoms with Crippen molar-refractivity contribution in [3.05, 3.63) is 68.1 Å². The summed E-state index contributed by atoms with van der Waals surface area (Å²) in [6, 6.07) is 4.61. The Hall–Kier alpha value is -3.10. The van der Waals surface area contributed by atoms with Crippen LogP contribution in [0.4, 0.5) is 19.0 Å². The Morgan fingerprint density at radius 1 is 1.16 bits per heavy atom. The van der Waals surface area contributed by atoms with Gasteiger partial charge in [0.25, 0.3) is 17.5 Å². The summed E-state index contributed by atoms with van der Waals surface area (Å²) in [4.78, 5) is 25.3. The normalized spacial score (nSPS) is 21.2. The highest BCUT2D eigenvalue weighted by Crippen LogP contribution is 2.56. The number of anilines is 1. The Bertz CT molecular complexity index is 1330. The van der Waals surface area contributed by atoms with Gasteiger partial charge in [-0.3, -0.25) is 9.59 Å². The highest BCUT2D eigenvalue weighted by molar-refractivity contribution is 5.90. The van der Waals surface area contributed by atoms with Crippen molar-refractivity contribution in [3.63, 3.8) is 0 Å². The number of aryl methyl sites for hydroxylation is 1. The van der Waals surface area contributed by atoms with Gasteiger partial charge in [0.2, 0.25) is 0 Å². The predicted octanol–water partition coefficient (Wildman–Crippen LogP) is 4.32. The second kappa shape index (κ2) is 7.50. The van der Waals surface area contributed by atoms with Crippen molar-refractivity contribution in [1.29, 1.82) is 0 Å². The zero-order valence-corrected chi connectivity index (χ0v) is 17.7. The first-order chi connectivity index (χ1) is 15.3. The molecule has 0 spiro atoms. The molecular formula is C23H23F3N4O2. The van der Waals surface area contributed by atoms with Gasteiger partial charge in [0.1, 0.15) is 5.82 Å². The summed E-state index contributed by atoms with van der Waals surface area (Å²) in [7, 11) is 1.46. The van der Waals surface area contributed by atoms with E-state index >= 15 is 0 Å². The number of hydrogen-bond donors (Lipinski definition) is 1. The molecule has 2 saturated carbocycles. The van der Waals surface area contributed by atoms with E-state index in [-0.39, 0.29) is 28.4 Å². The number of fused-ring (bicyclic) bond motifs is 1. The molecule has 2 fully saturated rings. The van der Waals surface area contributed by atoms with Crippen molar-refractivity contribution in [1.82, 2.24) is 14.3 Å². The Balaban J connectivity index is 1.56. The lowest BCUT2D eigenvalue weighted by molar-refractivity contribution is 0.146. The maximum absolute atomic E-state index is 14.6. The molecule has 2 aliphatic carbocycles. The van der Waals surface area contributed by atoms with Crippen LogP contribution in [0.2, 0.25) is 0 Å². The Morgan fingerprint density at radius 3 is 2.56 bits per heavy atom. The summed E-state index contributed by atoms with van der Waals surface area (Å²) >= 11 is 0. The number of pyridine rings is 1. The van der Waals surface area contributed by atoms with Gasteiger partial charge < -0.3 is 9.88 Å². The monoisotopic (exact) mass is 444 g/mol. The number of benzene rings is 1. The minimum atomic E-state index is -2.92. The van der Waals surface area contributed by atoms with Gasteiger partial charge in [-0.25, -0.2) is 17.9 Å². The van der Waals surface area contributed by atoms with Gasteiger partial charge in [-0.2, -0.15) is 5.10 Å². The average Bonchev–Trinajstić information content (AvgIpc) is 3.64. The molecule has 5 rings (SSSR count). The lowest BCUT2D eigenvalue weighted by atomic mass is 10.0. The van der Waals surface area contributed by atoms with E-state index in [1.54, 1.807) is 17.7 Å². The van der Waals surface area contributed by atoms with E-state index in [0.717, 1.165) is 17.2 Å². The molecule has 32 heavy (non-hydrogen) atoms. The smallest absolute Gasteiger partial charge is 0.274 e. The fraction of sp³-hybridized carbons (Fsp3) is 0.435. The molecule has 2 aliphatic rings. The quantitative estimate of drug-likeness (QED) is 0.615. The van der Waals surface area contributed by atoms with Gasteiger partial charge >= 0.3 is 0 Å². The van der Waals surface area contributed by atoms with Crippen LogP contribution in [0.5, 0.6) is 0 Å². The minimum absolute atomic E-state index is 0.0657. The molecule has 9 heteroatoms. The standard InChI is InChI=1S/C23H23F3N4O2/c1-11(13-4-3-5-14(20(13)24)21(25)26)27-22-17-10-30(18-8-15(18)12-6-7-12)19(31)9-16(17)23(32)29(2)28-22/h3-5,9-12,15,18,21H,6-8H2,1-2H3,(H,27,28)/t11-,15-,18+/m1/s1. The number of alkyl halides is 2. The van der Waals surface area contributed by atoms with Gasteiger partial charge in [-0.05, 0) is 38.0 Å². The van der Waals surface area contributed by atoms with E-state index in [4.69, 9.17) is 0 Å². The molecule has 0 saturated heterocycles. The van der Waals surface area contributed by atoms with Gasteiger partial charge in [0.05, 0.1) is 17.0 Å². The zero-order chi connectivity index (χ0) is 22.7. The zero-order valence-electron chi connectivity index (χ0n) is 17.7. The average molecular weight is 444 g/mol. The van der Waals surface area contributed by atoms with Crippen LogP contribution >= 0.6 is 0 Å². The van der Waals surface area contributed by atoms with Gasteiger partial charge in [-0.1, -0.05) is 18.2 Å². The Labute approximate surface area is 181 Å². The molecule has 3 atom stereocenters. The Kier molecular flexibility index (Phi) is 4.87. The topological polar surface area (TPSA) is 68.9 Å². The molecule has 0 aliphatic heterocycles. The van der Waals surface area contributed by atoms with E-state index in [9.17, 15) is 22.8 Å². The van der Waals surface area contributed by atoms with Crippen molar-refractivity contribution in [2.75, 3.05) is 5.32 Å². The predicted molar refractivity (Wildman–Crippen MR) is 115 cm³/mol. The molecule has 1 aromatic carbocycles. The van der Waals surface area contributed by atoms with E-state index < -0.39 is 29.4 Å². The van der Waals surface area contributed by atoms with Crippen LogP contribution in [-0.2, 0) is 7.05 Å². The number of hydrogen-bond acceptors (Lipinski definition) is 4. The molecule has 3 aromatic rings. The fourth-order valence-electron chi connectivity index (χ4n) is 4.61. The van der Waals surface area contributed by atoms with Gasteiger partial charge in [0, 0.05) is 36.3 Å². The number of halogens is 3. The van der Waals surface area contributed by atoms with Crippen molar-refractivity contribution >= 4 is 16.6 Å². The molecule has 2 aromatic heterocycles. The van der Waals surface area contributed by atoms with Crippen LogP contribution in [0, 0.1) is 17.7 Å². The summed E-state index contributed by atoms with van der Waals surface area (Å²) in [6.07, 6.45) is 2.06. The number of nitrogens with zero attached hydrogens (tertiary/aromatic N) is 3. The second-order valence-electron chi connectivity index (χ2n) is 8.85. The second-order valence-corrected chi connectivity index (χ2v) is 8.85. The number of rotatable bonds is 6. The summed E-state index contributed by atoms with van der Waals surface area (Å²) in [5.41, 5.74) is -1.24. The lowest BCUT2D eigenvalue weighted by Gasteiger charge is -2.19. The SMILES string of the molecule is C[C@@H](Nc1nn(C)c(=O)c2cc(=O)n([C@H]3C[C@@H]3C3CC3)cc12)c1cccc(C(F)F)c1F. The Morgan fingerprint density at radius 2 is 1.88 bits per heavy atom. The molecule has 0 bridgehead atoms. The fourth-order valence-corrected chi connectivity index (χ4v) is 4.61. The van der Waals surface area contributed by atoms with Crippen molar-refractivity contribution in [2.45, 2.75) is 44.7 Å². The number of aromatic nitrogens is 3. The summed E-state index contributed by atoms with van der Waals surface area (Å²) in [6.45, 7) is 1.63. The van der Waals surface area contributed by atoms with Crippen molar-refractivity contribution in [3.8, 4) is 0 Å². The van der Waals surface area contributed by atoms with Crippen LogP contribution in [0.15, 0.2) is 40.1 Å². The molecule has 168 valence electrons. The van der Waals surface area contributed by atoms with Crippen LogP contribution < -0.4 is 16.4 Å². The highest BCUT2D eigenvalue weighted by Gasteiger charge is 2.48. The van der Waals surface area contributed by atoms with E-state index in [1.807, 2.05) is 0 Å². The van der Waals surface area contributed by atoms with Crippen molar-refractivity contribution < 1.29 is 13.2 Å². The van der Waals surface area contributed by atoms with Crippen LogP contribution in [0.25, 0.3) is 10.8 Å². The third-order valence-corrected chi connectivity index (χ3v) is 6.61. The summed E-state index contributed by atoms with van der Waals surface area (Å²) in [5, 5.41) is 8.00. The number of nitrogens with one attached hydrogen (secondary N) is 1. The van der Waals surface area contributed by atoms with Crippen molar-refractivity contribution in [2.24, 2.45) is 18.9 Å². The maximum atomic E-state index is 14.6. The first-order valence-corrected chi connectivity index (χ1v) is 10.7. The van der Waals surface area contributed by atoms with Gasteiger partial charge in [-0.15, -0.1) is 0 Å². The minimum Gasteiger partial charge on any atom is -0.361 e. The molecular weight excluding hydrogens is 421 g/mol. The van der Waals surface area contributed by atoms with Crippen LogP contribution in [-0.4, -0.2) is 14.3 Å². The molecule has 1 N–H and O–H groups in total. The van der Waals surface area contributed by atoms with E-state index in [1.165, 1.54) is 38.1 Å². The molecule has 0 radical (unpaired) electrons. The molecule has 2 heterocycles. The van der Waals surface area contributed by atoms with E-state index in [0.29, 0.717) is 17.2 Å². The summed E-state index contributed by atoms with van der Waals surface area (Å²) < 4.78 is 43.7. The molecule has 6 nitrogen and oxygen atoms in total. The van der Waals surface area contributed by atoms with Gasteiger partial charge in [0.15, 0.2) is 5.82 Å². The maximum Gasteiger partial charge on any atom is 0.274 e. The first-order valence-electron chi connectivity index (χ1n) is 10.7. The highest BCUT2D eigenvalue weighted by atomic mass is 19.3. The third-order valence-electron chi connectivity index (χ3n) is 6.61. The largest absolute Gasteiger partial charge is 0.361 e. The van der Waals surface area contributed by atoms with Crippen LogP contribution in [0.1, 0.15) is 55.8 Å². The van der Waals surface area contributed by atoms with Crippen LogP contribution in [0.3, 0.4) is 0 Å².